The van der Waals surface area contributed by atoms with E-state index in [1.54, 1.807) is 68.6 Å². The Kier molecular flexibility index (Phi) is 7.17. The van der Waals surface area contributed by atoms with Gasteiger partial charge in [0, 0.05) is 0 Å². The third-order valence-electron chi connectivity index (χ3n) is 3.84. The van der Waals surface area contributed by atoms with Gasteiger partial charge in [0.25, 0.3) is 0 Å². The first-order valence-corrected chi connectivity index (χ1v) is 8.37. The number of ether oxygens (including phenoxy) is 2. The Morgan fingerprint density at radius 1 is 1.08 bits per heavy atom. The number of carbonyl (C=O) groups is 2. The number of amides is 1. The van der Waals surface area contributed by atoms with Crippen LogP contribution in [0.5, 0.6) is 5.75 Å². The van der Waals surface area contributed by atoms with Crippen LogP contribution in [0, 0.1) is 0 Å². The third kappa shape index (κ3) is 5.32. The van der Waals surface area contributed by atoms with Crippen molar-refractivity contribution in [2.24, 2.45) is 0 Å². The zero-order valence-electron chi connectivity index (χ0n) is 14.8. The Morgan fingerprint density at radius 3 is 2.31 bits per heavy atom. The van der Waals surface area contributed by atoms with E-state index in [4.69, 9.17) is 9.47 Å². The molecular weight excluding hydrogens is 334 g/mol. The molecule has 2 unspecified atom stereocenters. The highest BCUT2D eigenvalue weighted by Gasteiger charge is 2.30. The second-order valence-corrected chi connectivity index (χ2v) is 5.68. The molecule has 0 aliphatic rings. The van der Waals surface area contributed by atoms with E-state index in [0.29, 0.717) is 11.3 Å². The second-order valence-electron chi connectivity index (χ2n) is 5.68. The Balaban J connectivity index is 2.09. The van der Waals surface area contributed by atoms with Crippen molar-refractivity contribution in [1.29, 1.82) is 0 Å². The molecule has 0 spiro atoms. The van der Waals surface area contributed by atoms with Crippen molar-refractivity contribution in [3.05, 3.63) is 65.7 Å². The van der Waals surface area contributed by atoms with Gasteiger partial charge in [-0.15, -0.1) is 0 Å². The van der Waals surface area contributed by atoms with Crippen molar-refractivity contribution >= 4 is 11.9 Å². The van der Waals surface area contributed by atoms with Crippen LogP contribution in [0.1, 0.15) is 24.2 Å². The summed E-state index contributed by atoms with van der Waals surface area (Å²) in [6.45, 7) is 1.83. The summed E-state index contributed by atoms with van der Waals surface area (Å²) in [5.74, 6) is -0.367. The zero-order chi connectivity index (χ0) is 18.9. The van der Waals surface area contributed by atoms with Crippen LogP contribution < -0.4 is 10.1 Å². The van der Waals surface area contributed by atoms with Gasteiger partial charge in [-0.2, -0.15) is 0 Å². The summed E-state index contributed by atoms with van der Waals surface area (Å²) >= 11 is 0. The molecule has 0 radical (unpaired) electrons. The van der Waals surface area contributed by atoms with Gasteiger partial charge < -0.3 is 19.9 Å². The highest BCUT2D eigenvalue weighted by Crippen LogP contribution is 2.18. The van der Waals surface area contributed by atoms with E-state index in [9.17, 15) is 14.7 Å². The molecule has 6 nitrogen and oxygen atoms in total. The maximum Gasteiger partial charge on any atom is 0.331 e. The molecule has 2 N–H and O–H groups in total. The van der Waals surface area contributed by atoms with E-state index >= 15 is 0 Å². The Labute approximate surface area is 152 Å². The number of nitrogens with one attached hydrogen (secondary N) is 1. The number of benzene rings is 2. The normalized spacial score (nSPS) is 12.7. The molecule has 0 heterocycles. The van der Waals surface area contributed by atoms with Gasteiger partial charge in [-0.1, -0.05) is 42.5 Å². The first-order chi connectivity index (χ1) is 12.5. The third-order valence-corrected chi connectivity index (χ3v) is 3.84. The van der Waals surface area contributed by atoms with Crippen LogP contribution >= 0.6 is 0 Å². The molecule has 0 fully saturated rings. The van der Waals surface area contributed by atoms with E-state index in [2.05, 4.69) is 5.32 Å². The van der Waals surface area contributed by atoms with Crippen molar-refractivity contribution < 1.29 is 24.2 Å². The van der Waals surface area contributed by atoms with Crippen LogP contribution in [0.25, 0.3) is 0 Å². The number of carbonyl (C=O) groups excluding carboxylic acids is 2. The first-order valence-electron chi connectivity index (χ1n) is 8.37. The topological polar surface area (TPSA) is 84.9 Å². The molecule has 0 saturated heterocycles. The zero-order valence-corrected chi connectivity index (χ0v) is 14.8. The number of aliphatic hydroxyl groups excluding tert-OH is 1. The summed E-state index contributed by atoms with van der Waals surface area (Å²) in [7, 11) is 1.57. The minimum absolute atomic E-state index is 0.0708. The van der Waals surface area contributed by atoms with E-state index in [1.165, 1.54) is 0 Å². The monoisotopic (exact) mass is 357 g/mol. The first kappa shape index (κ1) is 19.5. The van der Waals surface area contributed by atoms with Crippen LogP contribution in [-0.2, 0) is 20.7 Å². The summed E-state index contributed by atoms with van der Waals surface area (Å²) in [5.41, 5.74) is 1.29. The molecule has 0 aromatic heterocycles. The van der Waals surface area contributed by atoms with Crippen molar-refractivity contribution in [2.45, 2.75) is 25.5 Å². The minimum Gasteiger partial charge on any atom is -0.497 e. The van der Waals surface area contributed by atoms with E-state index < -0.39 is 18.1 Å². The standard InChI is InChI=1S/C20H23NO5/c1-3-26-20(24)18(19(23)15-7-5-4-6-8-15)21-17(22)13-14-9-11-16(25-2)12-10-14/h4-12,18-19,23H,3,13H2,1-2H3,(H,21,22). The average Bonchev–Trinajstić information content (AvgIpc) is 2.67. The predicted molar refractivity (Wildman–Crippen MR) is 96.7 cm³/mol. The molecule has 26 heavy (non-hydrogen) atoms. The lowest BCUT2D eigenvalue weighted by Crippen LogP contribution is -2.46. The van der Waals surface area contributed by atoms with Crippen LogP contribution in [0.2, 0.25) is 0 Å². The predicted octanol–water partition coefficient (Wildman–Crippen LogP) is 2.02. The van der Waals surface area contributed by atoms with Crippen LogP contribution in [0.15, 0.2) is 54.6 Å². The van der Waals surface area contributed by atoms with E-state index in [-0.39, 0.29) is 18.9 Å². The molecule has 2 rings (SSSR count). The summed E-state index contributed by atoms with van der Waals surface area (Å²) in [5, 5.41) is 13.1. The number of rotatable bonds is 8. The number of esters is 1. The van der Waals surface area contributed by atoms with Gasteiger partial charge in [0.2, 0.25) is 5.91 Å². The van der Waals surface area contributed by atoms with Crippen molar-refractivity contribution in [3.63, 3.8) is 0 Å². The second kappa shape index (κ2) is 9.58. The molecule has 138 valence electrons. The number of methoxy groups -OCH3 is 1. The Hall–Kier alpha value is -2.86. The largest absolute Gasteiger partial charge is 0.497 e. The highest BCUT2D eigenvalue weighted by molar-refractivity contribution is 5.86. The lowest BCUT2D eigenvalue weighted by atomic mass is 10.0. The fraction of sp³-hybridized carbons (Fsp3) is 0.300. The van der Waals surface area contributed by atoms with E-state index in [0.717, 1.165) is 5.56 Å². The molecule has 0 aliphatic heterocycles. The maximum absolute atomic E-state index is 12.4. The van der Waals surface area contributed by atoms with Crippen LogP contribution in [0.4, 0.5) is 0 Å². The fourth-order valence-electron chi connectivity index (χ4n) is 2.49. The van der Waals surface area contributed by atoms with Gasteiger partial charge in [-0.05, 0) is 30.2 Å². The minimum atomic E-state index is -1.20. The van der Waals surface area contributed by atoms with Crippen LogP contribution in [0.3, 0.4) is 0 Å². The van der Waals surface area contributed by atoms with Gasteiger partial charge in [0.1, 0.15) is 11.9 Å². The number of aliphatic hydroxyl groups is 1. The molecule has 1 amide bonds. The number of hydrogen-bond donors (Lipinski definition) is 2. The SMILES string of the molecule is CCOC(=O)C(NC(=O)Cc1ccc(OC)cc1)C(O)c1ccccc1. The van der Waals surface area contributed by atoms with Gasteiger partial charge >= 0.3 is 5.97 Å². The maximum atomic E-state index is 12.4. The summed E-state index contributed by atoms with van der Waals surface area (Å²) in [6.07, 6.45) is -1.13. The van der Waals surface area contributed by atoms with Gasteiger partial charge in [-0.3, -0.25) is 4.79 Å². The van der Waals surface area contributed by atoms with Crippen molar-refractivity contribution in [3.8, 4) is 5.75 Å². The van der Waals surface area contributed by atoms with Gasteiger partial charge in [0.05, 0.1) is 20.1 Å². The number of hydrogen-bond acceptors (Lipinski definition) is 5. The van der Waals surface area contributed by atoms with Gasteiger partial charge in [-0.25, -0.2) is 4.79 Å². The molecule has 0 bridgehead atoms. The lowest BCUT2D eigenvalue weighted by molar-refractivity contribution is -0.150. The fourth-order valence-corrected chi connectivity index (χ4v) is 2.49. The quantitative estimate of drug-likeness (QED) is 0.706. The molecular formula is C20H23NO5. The van der Waals surface area contributed by atoms with E-state index in [1.807, 2.05) is 0 Å². The molecule has 2 aromatic rings. The Morgan fingerprint density at radius 2 is 1.73 bits per heavy atom. The molecule has 0 aliphatic carbocycles. The molecule has 6 heteroatoms. The van der Waals surface area contributed by atoms with Crippen LogP contribution in [-0.4, -0.2) is 36.7 Å². The highest BCUT2D eigenvalue weighted by atomic mass is 16.5. The molecule has 2 aromatic carbocycles. The van der Waals surface area contributed by atoms with Crippen molar-refractivity contribution in [2.75, 3.05) is 13.7 Å². The molecule has 2 atom stereocenters. The smallest absolute Gasteiger partial charge is 0.331 e. The lowest BCUT2D eigenvalue weighted by Gasteiger charge is -2.23. The average molecular weight is 357 g/mol. The Bertz CT molecular complexity index is 715. The van der Waals surface area contributed by atoms with Gasteiger partial charge in [0.15, 0.2) is 6.04 Å². The van der Waals surface area contributed by atoms with Crippen molar-refractivity contribution in [1.82, 2.24) is 5.32 Å². The summed E-state index contributed by atoms with van der Waals surface area (Å²) < 4.78 is 10.1. The summed E-state index contributed by atoms with van der Waals surface area (Å²) in [6, 6.07) is 14.5. The molecule has 0 saturated carbocycles. The summed E-state index contributed by atoms with van der Waals surface area (Å²) in [4.78, 5) is 24.6.